The zero-order valence-electron chi connectivity index (χ0n) is 8.96. The maximum Gasteiger partial charge on any atom is 0.378 e. The zero-order valence-corrected chi connectivity index (χ0v) is 11.4. The number of carbonyl (C=O) groups excluding carboxylic acids is 1. The minimum Gasteiger partial charge on any atom is -0.460 e. The molecule has 0 aromatic carbocycles. The second-order valence-corrected chi connectivity index (χ2v) is 5.63. The van der Waals surface area contributed by atoms with E-state index in [0.717, 1.165) is 8.66 Å². The van der Waals surface area contributed by atoms with Gasteiger partial charge in [-0.25, -0.2) is 9.48 Å². The summed E-state index contributed by atoms with van der Waals surface area (Å²) in [7, 11) is 0. The van der Waals surface area contributed by atoms with Crippen LogP contribution in [-0.2, 0) is 11.3 Å². The van der Waals surface area contributed by atoms with Crippen molar-refractivity contribution in [2.24, 2.45) is 0 Å². The normalized spacial score (nSPS) is 10.5. The van der Waals surface area contributed by atoms with Gasteiger partial charge in [0.2, 0.25) is 0 Å². The predicted molar refractivity (Wildman–Crippen MR) is 64.9 cm³/mol. The summed E-state index contributed by atoms with van der Waals surface area (Å²) in [6.07, 6.45) is 0. The first-order chi connectivity index (χ1) is 8.20. The van der Waals surface area contributed by atoms with Crippen molar-refractivity contribution >= 4 is 33.2 Å². The number of carbonyl (C=O) groups is 1. The summed E-state index contributed by atoms with van der Waals surface area (Å²) in [6, 6.07) is 3.89. The first kappa shape index (κ1) is 12.2. The highest BCUT2D eigenvalue weighted by molar-refractivity contribution is 9.11. The highest BCUT2D eigenvalue weighted by Crippen LogP contribution is 2.22. The monoisotopic (exact) mass is 316 g/mol. The van der Waals surface area contributed by atoms with Gasteiger partial charge in [0.15, 0.2) is 0 Å². The molecule has 0 amide bonds. The number of hydrogen-bond donors (Lipinski definition) is 0. The lowest BCUT2D eigenvalue weighted by Crippen LogP contribution is -2.14. The third-order valence-electron chi connectivity index (χ3n) is 1.92. The summed E-state index contributed by atoms with van der Waals surface area (Å²) in [5.74, 6) is -0.385. The van der Waals surface area contributed by atoms with Crippen LogP contribution < -0.4 is 0 Å². The minimum absolute atomic E-state index is 0.122. The molecule has 2 rings (SSSR count). The molecule has 0 saturated heterocycles. The Bertz CT molecular complexity index is 525. The van der Waals surface area contributed by atoms with Gasteiger partial charge in [-0.2, -0.15) is 0 Å². The molecule has 0 atom stereocenters. The number of ether oxygens (including phenoxy) is 1. The average molecular weight is 317 g/mol. The Morgan fingerprint density at radius 3 is 3.06 bits per heavy atom. The SMILES string of the molecule is CCOC(=O)c1nnnn1Cc1ccc(Br)s1. The Morgan fingerprint density at radius 1 is 1.59 bits per heavy atom. The highest BCUT2D eigenvalue weighted by atomic mass is 79.9. The van der Waals surface area contributed by atoms with E-state index in [9.17, 15) is 4.79 Å². The van der Waals surface area contributed by atoms with Crippen LogP contribution in [-0.4, -0.2) is 32.8 Å². The maximum atomic E-state index is 11.5. The molecule has 8 heteroatoms. The van der Waals surface area contributed by atoms with Gasteiger partial charge in [0, 0.05) is 4.88 Å². The molecular weight excluding hydrogens is 308 g/mol. The smallest absolute Gasteiger partial charge is 0.378 e. The maximum absolute atomic E-state index is 11.5. The molecule has 0 spiro atoms. The van der Waals surface area contributed by atoms with Crippen LogP contribution in [0.5, 0.6) is 0 Å². The van der Waals surface area contributed by atoms with Crippen molar-refractivity contribution in [3.8, 4) is 0 Å². The van der Waals surface area contributed by atoms with E-state index in [4.69, 9.17) is 4.74 Å². The van der Waals surface area contributed by atoms with Crippen molar-refractivity contribution in [1.82, 2.24) is 20.2 Å². The minimum atomic E-state index is -0.506. The van der Waals surface area contributed by atoms with E-state index in [1.54, 1.807) is 18.3 Å². The summed E-state index contributed by atoms with van der Waals surface area (Å²) >= 11 is 4.94. The largest absolute Gasteiger partial charge is 0.460 e. The molecule has 0 aliphatic heterocycles. The van der Waals surface area contributed by atoms with Crippen molar-refractivity contribution in [2.45, 2.75) is 13.5 Å². The van der Waals surface area contributed by atoms with E-state index in [1.165, 1.54) is 4.68 Å². The van der Waals surface area contributed by atoms with Crippen LogP contribution in [0.25, 0.3) is 0 Å². The van der Waals surface area contributed by atoms with Gasteiger partial charge in [-0.05, 0) is 45.4 Å². The lowest BCUT2D eigenvalue weighted by molar-refractivity contribution is 0.0505. The predicted octanol–water partition coefficient (Wildman–Crippen LogP) is 1.72. The average Bonchev–Trinajstić information content (AvgIpc) is 2.89. The fourth-order valence-corrected chi connectivity index (χ4v) is 2.70. The van der Waals surface area contributed by atoms with Crippen LogP contribution in [0.2, 0.25) is 0 Å². The molecule has 0 aliphatic rings. The molecule has 0 aliphatic carbocycles. The fourth-order valence-electron chi connectivity index (χ4n) is 1.24. The van der Waals surface area contributed by atoms with Gasteiger partial charge >= 0.3 is 5.97 Å². The number of esters is 1. The Balaban J connectivity index is 2.16. The number of halogens is 1. The first-order valence-corrected chi connectivity index (χ1v) is 6.49. The van der Waals surface area contributed by atoms with Crippen LogP contribution in [0.1, 0.15) is 22.4 Å². The van der Waals surface area contributed by atoms with Gasteiger partial charge in [0.05, 0.1) is 16.9 Å². The number of tetrazole rings is 1. The molecule has 17 heavy (non-hydrogen) atoms. The molecule has 0 unspecified atom stereocenters. The lowest BCUT2D eigenvalue weighted by atomic mass is 10.4. The van der Waals surface area contributed by atoms with Gasteiger partial charge < -0.3 is 4.74 Å². The molecule has 0 fully saturated rings. The number of nitrogens with zero attached hydrogens (tertiary/aromatic N) is 4. The van der Waals surface area contributed by atoms with Gasteiger partial charge in [-0.3, -0.25) is 0 Å². The van der Waals surface area contributed by atoms with Gasteiger partial charge in [-0.15, -0.1) is 16.4 Å². The van der Waals surface area contributed by atoms with Crippen molar-refractivity contribution in [2.75, 3.05) is 6.61 Å². The van der Waals surface area contributed by atoms with Gasteiger partial charge in [-0.1, -0.05) is 0 Å². The summed E-state index contributed by atoms with van der Waals surface area (Å²) in [4.78, 5) is 12.6. The van der Waals surface area contributed by atoms with Crippen LogP contribution >= 0.6 is 27.3 Å². The second-order valence-electron chi connectivity index (χ2n) is 3.09. The Kier molecular flexibility index (Phi) is 3.85. The molecule has 0 radical (unpaired) electrons. The molecule has 2 aromatic rings. The third-order valence-corrected chi connectivity index (χ3v) is 3.53. The van der Waals surface area contributed by atoms with Gasteiger partial charge in [0.1, 0.15) is 0 Å². The highest BCUT2D eigenvalue weighted by Gasteiger charge is 2.17. The van der Waals surface area contributed by atoms with E-state index >= 15 is 0 Å². The molecule has 6 nitrogen and oxygen atoms in total. The first-order valence-electron chi connectivity index (χ1n) is 4.88. The Labute approximate surface area is 110 Å². The zero-order chi connectivity index (χ0) is 12.3. The topological polar surface area (TPSA) is 69.9 Å². The van der Waals surface area contributed by atoms with E-state index in [-0.39, 0.29) is 5.82 Å². The van der Waals surface area contributed by atoms with E-state index in [1.807, 2.05) is 12.1 Å². The molecule has 0 N–H and O–H groups in total. The van der Waals surface area contributed by atoms with Crippen molar-refractivity contribution in [3.05, 3.63) is 26.6 Å². The molecular formula is C9H9BrN4O2S. The van der Waals surface area contributed by atoms with Gasteiger partial charge in [0.25, 0.3) is 5.82 Å². The third kappa shape index (κ3) is 2.89. The number of thiophene rings is 1. The molecule has 90 valence electrons. The molecule has 0 bridgehead atoms. The molecule has 2 aromatic heterocycles. The van der Waals surface area contributed by atoms with Crippen LogP contribution in [0.15, 0.2) is 15.9 Å². The standard InChI is InChI=1S/C9H9BrN4O2S/c1-2-16-9(15)8-11-12-13-14(8)5-6-3-4-7(10)17-6/h3-4H,2,5H2,1H3. The summed E-state index contributed by atoms with van der Waals surface area (Å²) in [5, 5.41) is 10.9. The fraction of sp³-hybridized carbons (Fsp3) is 0.333. The number of aromatic nitrogens is 4. The second kappa shape index (κ2) is 5.37. The molecule has 2 heterocycles. The molecule has 0 saturated carbocycles. The van der Waals surface area contributed by atoms with E-state index in [2.05, 4.69) is 31.5 Å². The van der Waals surface area contributed by atoms with Crippen LogP contribution in [0.4, 0.5) is 0 Å². The van der Waals surface area contributed by atoms with E-state index < -0.39 is 5.97 Å². The quantitative estimate of drug-likeness (QED) is 0.803. The Hall–Kier alpha value is -1.28. The van der Waals surface area contributed by atoms with Crippen molar-refractivity contribution in [1.29, 1.82) is 0 Å². The van der Waals surface area contributed by atoms with Crippen molar-refractivity contribution in [3.63, 3.8) is 0 Å². The van der Waals surface area contributed by atoms with Crippen molar-refractivity contribution < 1.29 is 9.53 Å². The Morgan fingerprint density at radius 2 is 2.41 bits per heavy atom. The number of rotatable bonds is 4. The van der Waals surface area contributed by atoms with Crippen LogP contribution in [0.3, 0.4) is 0 Å². The summed E-state index contributed by atoms with van der Waals surface area (Å²) < 4.78 is 7.31. The van der Waals surface area contributed by atoms with Crippen LogP contribution in [0, 0.1) is 0 Å². The lowest BCUT2D eigenvalue weighted by Gasteiger charge is -2.02. The summed E-state index contributed by atoms with van der Waals surface area (Å²) in [6.45, 7) is 2.50. The van der Waals surface area contributed by atoms with E-state index in [0.29, 0.717) is 13.2 Å². The summed E-state index contributed by atoms with van der Waals surface area (Å²) in [5.41, 5.74) is 0. The number of hydrogen-bond acceptors (Lipinski definition) is 6.